The number of aromatic nitrogens is 3. The maximum atomic E-state index is 14.7. The molecule has 3 aliphatic rings. The van der Waals surface area contributed by atoms with Crippen molar-refractivity contribution in [2.45, 2.75) is 97.9 Å². The summed E-state index contributed by atoms with van der Waals surface area (Å²) in [7, 11) is 7.99. The van der Waals surface area contributed by atoms with Crippen LogP contribution < -0.4 is 10.7 Å². The highest BCUT2D eigenvalue weighted by Gasteiger charge is 2.39. The second-order valence-corrected chi connectivity index (χ2v) is 19.7. The van der Waals surface area contributed by atoms with Crippen LogP contribution in [0.15, 0.2) is 73.6 Å². The van der Waals surface area contributed by atoms with Gasteiger partial charge in [-0.05, 0) is 93.1 Å². The van der Waals surface area contributed by atoms with E-state index in [0.29, 0.717) is 45.4 Å². The van der Waals surface area contributed by atoms with Gasteiger partial charge >= 0.3 is 5.97 Å². The molecule has 14 nitrogen and oxygen atoms in total. The number of carbonyl (C=O) groups is 4. The number of benzene rings is 2. The van der Waals surface area contributed by atoms with E-state index in [1.165, 1.54) is 16.6 Å². The molecular formula is C51H69N9O5. The minimum absolute atomic E-state index is 0.0170. The first-order chi connectivity index (χ1) is 30.9. The van der Waals surface area contributed by atoms with Gasteiger partial charge in [0.15, 0.2) is 0 Å². The maximum Gasteiger partial charge on any atom is 0.324 e. The van der Waals surface area contributed by atoms with Crippen molar-refractivity contribution in [3.8, 4) is 22.4 Å². The van der Waals surface area contributed by atoms with Gasteiger partial charge in [0.2, 0.25) is 11.8 Å². The lowest BCUT2D eigenvalue weighted by atomic mass is 9.84. The van der Waals surface area contributed by atoms with Crippen LogP contribution in [0.1, 0.15) is 70.7 Å². The Morgan fingerprint density at radius 2 is 1.83 bits per heavy atom. The molecule has 7 rings (SSSR count). The molecule has 2 fully saturated rings. The van der Waals surface area contributed by atoms with Crippen molar-refractivity contribution in [3.05, 3.63) is 90.4 Å². The molecule has 348 valence electrons. The van der Waals surface area contributed by atoms with Gasteiger partial charge in [0, 0.05) is 86.7 Å². The normalized spacial score (nSPS) is 20.8. The molecule has 0 saturated carbocycles. The summed E-state index contributed by atoms with van der Waals surface area (Å²) in [4.78, 5) is 61.5. The van der Waals surface area contributed by atoms with Crippen LogP contribution in [0.4, 0.5) is 0 Å². The Hall–Kier alpha value is -5.73. The predicted octanol–water partition coefficient (Wildman–Crippen LogP) is 5.94. The third kappa shape index (κ3) is 9.94. The topological polar surface area (TPSA) is 137 Å². The van der Waals surface area contributed by atoms with Crippen molar-refractivity contribution in [2.24, 2.45) is 24.3 Å². The Kier molecular flexibility index (Phi) is 14.1. The molecule has 0 radical (unpaired) electrons. The van der Waals surface area contributed by atoms with Gasteiger partial charge in [-0.15, -0.1) is 0 Å². The number of esters is 1. The first-order valence-electron chi connectivity index (χ1n) is 23.2. The molecule has 14 heteroatoms. The number of hydrazine groups is 1. The minimum Gasteiger partial charge on any atom is -0.464 e. The summed E-state index contributed by atoms with van der Waals surface area (Å²) in [5.41, 5.74) is 12.0. The quantitative estimate of drug-likeness (QED) is 0.139. The van der Waals surface area contributed by atoms with Crippen LogP contribution in [-0.2, 0) is 56.9 Å². The van der Waals surface area contributed by atoms with Crippen LogP contribution >= 0.6 is 0 Å². The fourth-order valence-electron chi connectivity index (χ4n) is 10.1. The van der Waals surface area contributed by atoms with Crippen LogP contribution in [0.5, 0.6) is 0 Å². The molecule has 4 atom stereocenters. The van der Waals surface area contributed by atoms with Crippen molar-refractivity contribution in [1.29, 1.82) is 0 Å². The van der Waals surface area contributed by atoms with Crippen molar-refractivity contribution >= 4 is 34.6 Å². The van der Waals surface area contributed by atoms with E-state index in [-0.39, 0.29) is 42.6 Å². The van der Waals surface area contributed by atoms with E-state index < -0.39 is 29.5 Å². The predicted molar refractivity (Wildman–Crippen MR) is 255 cm³/mol. The van der Waals surface area contributed by atoms with Crippen LogP contribution in [0.25, 0.3) is 33.3 Å². The number of rotatable bonds is 11. The Labute approximate surface area is 384 Å². The summed E-state index contributed by atoms with van der Waals surface area (Å²) in [6.07, 6.45) is 5.98. The molecule has 3 aliphatic heterocycles. The Morgan fingerprint density at radius 1 is 1.08 bits per heavy atom. The lowest BCUT2D eigenvalue weighted by Gasteiger charge is -2.38. The fraction of sp³-hybridized carbons (Fsp3) is 0.510. The average molecular weight is 888 g/mol. The average Bonchev–Trinajstić information content (AvgIpc) is 3.99. The van der Waals surface area contributed by atoms with Crippen molar-refractivity contribution in [2.75, 3.05) is 47.4 Å². The number of aryl methyl sites for hydroxylation is 2. The molecule has 0 spiro atoms. The number of ether oxygens (including phenoxy) is 1. The number of cyclic esters (lactones) is 1. The zero-order valence-electron chi connectivity index (χ0n) is 39.9. The smallest absolute Gasteiger partial charge is 0.324 e. The lowest BCUT2D eigenvalue weighted by molar-refractivity contribution is -0.155. The van der Waals surface area contributed by atoms with Crippen molar-refractivity contribution in [3.63, 3.8) is 0 Å². The monoisotopic (exact) mass is 888 g/mol. The fourth-order valence-corrected chi connectivity index (χ4v) is 10.1. The highest BCUT2D eigenvalue weighted by molar-refractivity contribution is 5.95. The molecule has 65 heavy (non-hydrogen) atoms. The summed E-state index contributed by atoms with van der Waals surface area (Å²) in [6.45, 7) is 21.5. The van der Waals surface area contributed by atoms with Gasteiger partial charge in [-0.1, -0.05) is 71.2 Å². The highest BCUT2D eigenvalue weighted by atomic mass is 16.5. The highest BCUT2D eigenvalue weighted by Crippen LogP contribution is 2.41. The molecular weight excluding hydrogens is 819 g/mol. The van der Waals surface area contributed by atoms with E-state index in [0.717, 1.165) is 63.2 Å². The van der Waals surface area contributed by atoms with E-state index in [1.54, 1.807) is 4.90 Å². The maximum absolute atomic E-state index is 14.7. The summed E-state index contributed by atoms with van der Waals surface area (Å²) in [5, 5.41) is 10.5. The summed E-state index contributed by atoms with van der Waals surface area (Å²) < 4.78 is 10.5. The molecule has 0 unspecified atom stereocenters. The Bertz CT molecular complexity index is 2460. The molecule has 2 aromatic carbocycles. The molecule has 0 aliphatic carbocycles. The number of likely N-dealkylation sites (N-methyl/N-ethyl adjacent to an activating group) is 1. The van der Waals surface area contributed by atoms with Gasteiger partial charge < -0.3 is 29.3 Å². The van der Waals surface area contributed by atoms with Gasteiger partial charge in [-0.3, -0.25) is 28.9 Å². The third-order valence-corrected chi connectivity index (χ3v) is 13.5. The lowest BCUT2D eigenvalue weighted by Crippen LogP contribution is -2.62. The molecule has 6 bridgehead atoms. The summed E-state index contributed by atoms with van der Waals surface area (Å²) in [5.74, 6) is -1.32. The van der Waals surface area contributed by atoms with Crippen molar-refractivity contribution in [1.82, 2.24) is 44.8 Å². The van der Waals surface area contributed by atoms with Crippen LogP contribution in [0.2, 0.25) is 0 Å². The van der Waals surface area contributed by atoms with E-state index in [2.05, 4.69) is 98.6 Å². The zero-order valence-corrected chi connectivity index (χ0v) is 39.9. The number of nitrogens with zero attached hydrogens (tertiary/aromatic N) is 7. The van der Waals surface area contributed by atoms with Crippen LogP contribution in [-0.4, -0.2) is 123 Å². The standard InChI is InChI=1S/C51H69N9O5/c1-12-45(61)58-23-21-37(29-58)33(5)56(10)46(32(3)4)48(62)53-42-25-34-16-14-17-35(24-34)36-19-20-43-38(26-36)39(47(59(43)13-2)40-28-52-57(11)44(40)30-55(8)9)27-51(6,7)31-65-50(64)41-18-15-22-60(54-41)49(42)63/h12,14,16-17,19-20,24,26,28,32,37,41-42,46,54H,1,5,13,15,18,21-23,25,27,29-31H2,2-4,6-11H3,(H,53,62)/t37-,41-,42-,46-/m0/s1. The van der Waals surface area contributed by atoms with Gasteiger partial charge in [0.05, 0.1) is 24.2 Å². The molecule has 2 N–H and O–H groups in total. The number of amides is 3. The molecule has 2 saturated heterocycles. The van der Waals surface area contributed by atoms with Gasteiger partial charge in [-0.2, -0.15) is 5.10 Å². The third-order valence-electron chi connectivity index (χ3n) is 13.5. The number of hydrogen-bond donors (Lipinski definition) is 2. The van der Waals surface area contributed by atoms with E-state index >= 15 is 0 Å². The number of hydrogen-bond acceptors (Lipinski definition) is 9. The Morgan fingerprint density at radius 3 is 2.54 bits per heavy atom. The summed E-state index contributed by atoms with van der Waals surface area (Å²) >= 11 is 0. The number of nitrogens with one attached hydrogen (secondary N) is 2. The summed E-state index contributed by atoms with van der Waals surface area (Å²) in [6, 6.07) is 12.5. The van der Waals surface area contributed by atoms with Gasteiger partial charge in [0.1, 0.15) is 18.1 Å². The second kappa shape index (κ2) is 19.4. The van der Waals surface area contributed by atoms with Crippen LogP contribution in [0, 0.1) is 17.3 Å². The Balaban J connectivity index is 1.28. The first-order valence-corrected chi connectivity index (χ1v) is 23.2. The number of fused-ring (bicyclic) bond motifs is 6. The molecule has 5 heterocycles. The first kappa shape index (κ1) is 47.2. The van der Waals surface area contributed by atoms with Crippen LogP contribution in [0.3, 0.4) is 0 Å². The zero-order chi connectivity index (χ0) is 46.9. The van der Waals surface area contributed by atoms with E-state index in [4.69, 9.17) is 9.84 Å². The molecule has 3 amide bonds. The van der Waals surface area contributed by atoms with Gasteiger partial charge in [-0.25, -0.2) is 5.43 Å². The number of likely N-dealkylation sites (tertiary alicyclic amines) is 1. The van der Waals surface area contributed by atoms with E-state index in [1.807, 2.05) is 55.9 Å². The minimum atomic E-state index is -0.959. The molecule has 2 aromatic heterocycles. The number of carbonyl (C=O) groups excluding carboxylic acids is 4. The second-order valence-electron chi connectivity index (χ2n) is 19.7. The van der Waals surface area contributed by atoms with E-state index in [9.17, 15) is 19.2 Å². The largest absolute Gasteiger partial charge is 0.464 e. The van der Waals surface area contributed by atoms with Gasteiger partial charge in [0.25, 0.3) is 5.91 Å². The van der Waals surface area contributed by atoms with Crippen molar-refractivity contribution < 1.29 is 23.9 Å². The molecule has 4 aromatic rings. The SMILES string of the molecule is C=CC(=O)N1CC[C@H](C(=C)N(C)[C@H](C(=O)N[C@H]2Cc3cccc(c3)-c3ccc4c(c3)c(c(-c3cnn(C)c3CN(C)C)n4CC)CC(C)(C)COC(=O)[C@@H]3CCCN(N3)C2=O)C(C)C)C1.